The minimum absolute atomic E-state index is 0.0317. The van der Waals surface area contributed by atoms with Crippen molar-refractivity contribution in [1.82, 2.24) is 5.32 Å². The maximum Gasteiger partial charge on any atom is 0.273 e. The number of ether oxygens (including phenoxy) is 2. The van der Waals surface area contributed by atoms with Gasteiger partial charge >= 0.3 is 0 Å². The van der Waals surface area contributed by atoms with E-state index in [0.717, 1.165) is 12.8 Å². The van der Waals surface area contributed by atoms with Gasteiger partial charge < -0.3 is 14.8 Å². The number of aryl methyl sites for hydroxylation is 1. The van der Waals surface area contributed by atoms with Crippen molar-refractivity contribution in [2.45, 2.75) is 38.8 Å². The Hall–Kier alpha value is -3.09. The van der Waals surface area contributed by atoms with Crippen molar-refractivity contribution in [3.63, 3.8) is 0 Å². The Balaban J connectivity index is 1.93. The molecule has 2 aromatic carbocycles. The van der Waals surface area contributed by atoms with Crippen molar-refractivity contribution >= 4 is 11.6 Å². The number of carbonyl (C=O) groups is 1. The Morgan fingerprint density at radius 1 is 1.15 bits per heavy atom. The topological polar surface area (TPSA) is 90.7 Å². The van der Waals surface area contributed by atoms with Gasteiger partial charge in [0.25, 0.3) is 11.6 Å². The van der Waals surface area contributed by atoms with Crippen LogP contribution in [0.15, 0.2) is 48.5 Å². The molecule has 144 valence electrons. The predicted octanol–water partition coefficient (Wildman–Crippen LogP) is 3.51. The van der Waals surface area contributed by atoms with E-state index in [1.807, 2.05) is 25.1 Å². The number of carbonyl (C=O) groups excluding carboxylic acids is 1. The lowest BCUT2D eigenvalue weighted by molar-refractivity contribution is -0.385. The van der Waals surface area contributed by atoms with Crippen LogP contribution < -0.4 is 14.8 Å². The number of rotatable bonds is 9. The monoisotopic (exact) mass is 372 g/mol. The van der Waals surface area contributed by atoms with E-state index in [-0.39, 0.29) is 23.4 Å². The van der Waals surface area contributed by atoms with Crippen molar-refractivity contribution in [2.75, 3.05) is 7.11 Å². The Kier molecular flexibility index (Phi) is 7.16. The third kappa shape index (κ3) is 5.99. The minimum atomic E-state index is -0.819. The van der Waals surface area contributed by atoms with Gasteiger partial charge in [-0.25, -0.2) is 0 Å². The summed E-state index contributed by atoms with van der Waals surface area (Å²) < 4.78 is 10.8. The zero-order valence-electron chi connectivity index (χ0n) is 15.7. The maximum atomic E-state index is 12.4. The molecule has 0 heterocycles. The number of nitro benzene ring substituents is 1. The lowest BCUT2D eigenvalue weighted by Gasteiger charge is -2.19. The van der Waals surface area contributed by atoms with Crippen LogP contribution in [0.4, 0.5) is 5.69 Å². The molecule has 0 spiro atoms. The van der Waals surface area contributed by atoms with E-state index in [1.165, 1.54) is 30.9 Å². The molecular formula is C20H24N2O5. The van der Waals surface area contributed by atoms with Crippen LogP contribution in [0.1, 0.15) is 25.8 Å². The third-order valence-corrected chi connectivity index (χ3v) is 4.13. The fourth-order valence-corrected chi connectivity index (χ4v) is 2.58. The number of nitro groups is 1. The summed E-state index contributed by atoms with van der Waals surface area (Å²) >= 11 is 0. The zero-order valence-corrected chi connectivity index (χ0v) is 15.7. The van der Waals surface area contributed by atoms with Crippen molar-refractivity contribution in [3.05, 3.63) is 64.2 Å². The van der Waals surface area contributed by atoms with Crippen LogP contribution in [0.5, 0.6) is 11.5 Å². The van der Waals surface area contributed by atoms with Crippen LogP contribution in [-0.4, -0.2) is 30.1 Å². The molecule has 0 unspecified atom stereocenters. The second kappa shape index (κ2) is 9.56. The molecule has 1 N–H and O–H groups in total. The lowest BCUT2D eigenvalue weighted by atomic mass is 10.1. The molecule has 0 aliphatic heterocycles. The zero-order chi connectivity index (χ0) is 19.8. The van der Waals surface area contributed by atoms with E-state index >= 15 is 0 Å². The van der Waals surface area contributed by atoms with Gasteiger partial charge in [-0.05, 0) is 38.3 Å². The highest BCUT2D eigenvalue weighted by molar-refractivity contribution is 5.81. The first-order chi connectivity index (χ1) is 12.9. The second-order valence-corrected chi connectivity index (χ2v) is 6.29. The number of methoxy groups -OCH3 is 1. The van der Waals surface area contributed by atoms with Gasteiger partial charge in [0, 0.05) is 12.1 Å². The summed E-state index contributed by atoms with van der Waals surface area (Å²) in [6.07, 6.45) is 0.832. The summed E-state index contributed by atoms with van der Waals surface area (Å²) in [6.45, 7) is 3.53. The van der Waals surface area contributed by atoms with Gasteiger partial charge in [0.05, 0.1) is 18.1 Å². The molecule has 2 rings (SSSR count). The van der Waals surface area contributed by atoms with Crippen LogP contribution in [0.2, 0.25) is 0 Å². The summed E-state index contributed by atoms with van der Waals surface area (Å²) in [7, 11) is 1.43. The molecule has 2 atom stereocenters. The van der Waals surface area contributed by atoms with Crippen molar-refractivity contribution in [3.8, 4) is 11.5 Å². The van der Waals surface area contributed by atoms with Gasteiger partial charge in [-0.15, -0.1) is 0 Å². The molecule has 7 heteroatoms. The molecule has 0 aliphatic carbocycles. The standard InChI is InChI=1S/C20H24N2O5/c1-14(9-10-16-7-5-4-6-8-16)21-20(23)15(2)27-19-13-17(22(24)25)11-12-18(19)26-3/h4-8,11-15H,9-10H2,1-3H3,(H,21,23)/t14-,15-/m0/s1. The SMILES string of the molecule is COc1ccc([N+](=O)[O-])cc1O[C@@H](C)C(=O)N[C@@H](C)CCc1ccccc1. The minimum Gasteiger partial charge on any atom is -0.493 e. The number of hydrogen-bond donors (Lipinski definition) is 1. The predicted molar refractivity (Wildman–Crippen MR) is 102 cm³/mol. The van der Waals surface area contributed by atoms with Crippen LogP contribution in [0, 0.1) is 10.1 Å². The Bertz CT molecular complexity index is 779. The highest BCUT2D eigenvalue weighted by Crippen LogP contribution is 2.31. The largest absolute Gasteiger partial charge is 0.493 e. The summed E-state index contributed by atoms with van der Waals surface area (Å²) in [5.74, 6) is 0.202. The quantitative estimate of drug-likeness (QED) is 0.537. The number of nitrogens with one attached hydrogen (secondary N) is 1. The molecule has 1 amide bonds. The lowest BCUT2D eigenvalue weighted by Crippen LogP contribution is -2.41. The van der Waals surface area contributed by atoms with Gasteiger partial charge in [-0.1, -0.05) is 30.3 Å². The fraction of sp³-hybridized carbons (Fsp3) is 0.350. The summed E-state index contributed by atoms with van der Waals surface area (Å²) in [4.78, 5) is 22.8. The van der Waals surface area contributed by atoms with Gasteiger partial charge in [0.1, 0.15) is 0 Å². The van der Waals surface area contributed by atoms with Gasteiger partial charge in [0.2, 0.25) is 0 Å². The molecule has 0 saturated heterocycles. The van der Waals surface area contributed by atoms with Crippen LogP contribution in [0.3, 0.4) is 0 Å². The number of non-ortho nitro benzene ring substituents is 1. The number of nitrogens with zero attached hydrogens (tertiary/aromatic N) is 1. The smallest absolute Gasteiger partial charge is 0.273 e. The van der Waals surface area contributed by atoms with Gasteiger partial charge in [-0.2, -0.15) is 0 Å². The normalized spacial score (nSPS) is 12.7. The molecule has 0 radical (unpaired) electrons. The molecule has 0 aromatic heterocycles. The molecular weight excluding hydrogens is 348 g/mol. The van der Waals surface area contributed by atoms with E-state index < -0.39 is 11.0 Å². The van der Waals surface area contributed by atoms with Crippen molar-refractivity contribution in [2.24, 2.45) is 0 Å². The fourth-order valence-electron chi connectivity index (χ4n) is 2.58. The molecule has 0 aliphatic rings. The second-order valence-electron chi connectivity index (χ2n) is 6.29. The first-order valence-corrected chi connectivity index (χ1v) is 8.74. The van der Waals surface area contributed by atoms with Gasteiger partial charge in [-0.3, -0.25) is 14.9 Å². The van der Waals surface area contributed by atoms with Crippen LogP contribution in [0.25, 0.3) is 0 Å². The van der Waals surface area contributed by atoms with Crippen molar-refractivity contribution in [1.29, 1.82) is 0 Å². The average Bonchev–Trinajstić information content (AvgIpc) is 2.67. The van der Waals surface area contributed by atoms with E-state index in [0.29, 0.717) is 5.75 Å². The number of hydrogen-bond acceptors (Lipinski definition) is 5. The maximum absolute atomic E-state index is 12.4. The molecule has 27 heavy (non-hydrogen) atoms. The van der Waals surface area contributed by atoms with Gasteiger partial charge in [0.15, 0.2) is 17.6 Å². The third-order valence-electron chi connectivity index (χ3n) is 4.13. The first-order valence-electron chi connectivity index (χ1n) is 8.74. The highest BCUT2D eigenvalue weighted by Gasteiger charge is 2.20. The Labute approximate surface area is 158 Å². The molecule has 0 bridgehead atoms. The van der Waals surface area contributed by atoms with E-state index in [4.69, 9.17) is 9.47 Å². The molecule has 0 saturated carbocycles. The summed E-state index contributed by atoms with van der Waals surface area (Å²) in [6, 6.07) is 14.0. The van der Waals surface area contributed by atoms with Crippen LogP contribution in [-0.2, 0) is 11.2 Å². The first kappa shape index (κ1) is 20.2. The summed E-state index contributed by atoms with van der Waals surface area (Å²) in [5, 5.41) is 13.8. The number of amides is 1. The number of benzene rings is 2. The Morgan fingerprint density at radius 3 is 2.48 bits per heavy atom. The summed E-state index contributed by atoms with van der Waals surface area (Å²) in [5.41, 5.74) is 1.08. The van der Waals surface area contributed by atoms with E-state index in [1.54, 1.807) is 6.92 Å². The van der Waals surface area contributed by atoms with Crippen LogP contribution >= 0.6 is 0 Å². The average molecular weight is 372 g/mol. The molecule has 7 nitrogen and oxygen atoms in total. The molecule has 2 aromatic rings. The van der Waals surface area contributed by atoms with Crippen molar-refractivity contribution < 1.29 is 19.2 Å². The molecule has 0 fully saturated rings. The highest BCUT2D eigenvalue weighted by atomic mass is 16.6. The Morgan fingerprint density at radius 2 is 1.85 bits per heavy atom. The van der Waals surface area contributed by atoms with E-state index in [2.05, 4.69) is 17.4 Å². The van der Waals surface area contributed by atoms with E-state index in [9.17, 15) is 14.9 Å².